The van der Waals surface area contributed by atoms with E-state index in [-0.39, 0.29) is 12.3 Å². The molecule has 1 heterocycles. The van der Waals surface area contributed by atoms with Gasteiger partial charge in [0.1, 0.15) is 6.04 Å². The Balaban J connectivity index is 1.92. The minimum Gasteiger partial charge on any atom is -0.481 e. The van der Waals surface area contributed by atoms with Crippen LogP contribution in [0.15, 0.2) is 65.4 Å². The summed E-state index contributed by atoms with van der Waals surface area (Å²) in [6.07, 6.45) is 9.91. The van der Waals surface area contributed by atoms with Crippen molar-refractivity contribution in [1.29, 1.82) is 0 Å². The van der Waals surface area contributed by atoms with Crippen molar-refractivity contribution in [1.82, 2.24) is 16.2 Å². The van der Waals surface area contributed by atoms with Crippen molar-refractivity contribution in [2.75, 3.05) is 11.5 Å². The largest absolute Gasteiger partial charge is 0.481 e. The third kappa shape index (κ3) is 10.9. The maximum absolute atomic E-state index is 13.0. The molecular weight excluding hydrogens is 462 g/mol. The first-order chi connectivity index (χ1) is 16.8. The van der Waals surface area contributed by atoms with Crippen LogP contribution < -0.4 is 16.2 Å². The molecule has 1 aromatic rings. The number of benzene rings is 1. The number of allylic oxidation sites excluding steroid dienone is 5. The molecule has 1 aliphatic rings. The maximum atomic E-state index is 13.0. The van der Waals surface area contributed by atoms with E-state index in [0.717, 1.165) is 31.4 Å². The SMILES string of the molecule is CC(C)=CCC/C(C)=C/CC/C1=C/CSC[C@H](NC(=O)C(CC(=O)O)c2ccccc2)C(=O)NN1. The first kappa shape index (κ1) is 28.2. The van der Waals surface area contributed by atoms with E-state index in [9.17, 15) is 19.5 Å². The van der Waals surface area contributed by atoms with Gasteiger partial charge in [0.2, 0.25) is 5.91 Å². The van der Waals surface area contributed by atoms with Crippen molar-refractivity contribution < 1.29 is 19.5 Å². The summed E-state index contributed by atoms with van der Waals surface area (Å²) in [5, 5.41) is 12.0. The summed E-state index contributed by atoms with van der Waals surface area (Å²) in [7, 11) is 0. The van der Waals surface area contributed by atoms with Gasteiger partial charge in [-0.1, -0.05) is 59.7 Å². The van der Waals surface area contributed by atoms with Gasteiger partial charge in [-0.2, -0.15) is 11.8 Å². The van der Waals surface area contributed by atoms with Gasteiger partial charge in [0, 0.05) is 17.2 Å². The van der Waals surface area contributed by atoms with E-state index in [1.807, 2.05) is 0 Å². The molecule has 1 aromatic carbocycles. The highest BCUT2D eigenvalue weighted by Gasteiger charge is 2.28. The molecule has 1 aliphatic heterocycles. The predicted molar refractivity (Wildman–Crippen MR) is 142 cm³/mol. The molecule has 1 unspecified atom stereocenters. The minimum atomic E-state index is -1.07. The predicted octanol–water partition coefficient (Wildman–Crippen LogP) is 4.45. The van der Waals surface area contributed by atoms with E-state index in [4.69, 9.17) is 0 Å². The summed E-state index contributed by atoms with van der Waals surface area (Å²) in [6, 6.07) is 8.00. The highest BCUT2D eigenvalue weighted by atomic mass is 32.2. The molecule has 0 aromatic heterocycles. The number of hydrogen-bond donors (Lipinski definition) is 4. The third-order valence-electron chi connectivity index (χ3n) is 5.61. The van der Waals surface area contributed by atoms with Crippen molar-refractivity contribution in [3.63, 3.8) is 0 Å². The molecule has 0 radical (unpaired) electrons. The smallest absolute Gasteiger partial charge is 0.304 e. The Morgan fingerprint density at radius 1 is 1.14 bits per heavy atom. The van der Waals surface area contributed by atoms with Crippen molar-refractivity contribution in [3.8, 4) is 0 Å². The van der Waals surface area contributed by atoms with Gasteiger partial charge in [0.25, 0.3) is 5.91 Å². The third-order valence-corrected chi connectivity index (χ3v) is 6.58. The molecule has 0 fully saturated rings. The van der Waals surface area contributed by atoms with Gasteiger partial charge < -0.3 is 15.8 Å². The lowest BCUT2D eigenvalue weighted by atomic mass is 9.94. The number of rotatable bonds is 11. The monoisotopic (exact) mass is 499 g/mol. The molecule has 35 heavy (non-hydrogen) atoms. The van der Waals surface area contributed by atoms with Gasteiger partial charge >= 0.3 is 5.97 Å². The van der Waals surface area contributed by atoms with Crippen LogP contribution >= 0.6 is 11.8 Å². The standard InChI is InChI=1S/C27H37N3O4S/c1-19(2)9-7-10-20(3)11-8-14-22-15-16-35-18-24(27(34)30-29-22)28-26(33)23(17-25(31)32)21-12-5-4-6-13-21/h4-6,9,11-13,15,23-24,29H,7-8,10,14,16-18H2,1-3H3,(H,28,33)(H,30,34)(H,31,32)/b20-11+,22-15-/t23?,24-/m0/s1. The molecule has 0 aliphatic carbocycles. The second kappa shape index (κ2) is 15.1. The van der Waals surface area contributed by atoms with Gasteiger partial charge in [-0.3, -0.25) is 19.8 Å². The normalized spacial score (nSPS) is 18.9. The fraction of sp³-hybridized carbons (Fsp3) is 0.444. The Morgan fingerprint density at radius 2 is 1.89 bits per heavy atom. The van der Waals surface area contributed by atoms with E-state index in [0.29, 0.717) is 17.1 Å². The number of hydrogen-bond acceptors (Lipinski definition) is 5. The van der Waals surface area contributed by atoms with Gasteiger partial charge in [-0.05, 0) is 52.0 Å². The Kier molecular flexibility index (Phi) is 12.2. The Labute approximate surface area is 212 Å². The number of carbonyl (C=O) groups is 3. The van der Waals surface area contributed by atoms with Crippen molar-refractivity contribution in [3.05, 3.63) is 71.0 Å². The van der Waals surface area contributed by atoms with Crippen LogP contribution in [0.4, 0.5) is 0 Å². The van der Waals surface area contributed by atoms with Gasteiger partial charge in [-0.15, -0.1) is 0 Å². The Bertz CT molecular complexity index is 952. The molecule has 2 atom stereocenters. The molecular formula is C27H37N3O4S. The molecule has 0 saturated heterocycles. The summed E-state index contributed by atoms with van der Waals surface area (Å²) >= 11 is 1.54. The summed E-state index contributed by atoms with van der Waals surface area (Å²) < 4.78 is 0. The number of carboxylic acid groups (broad SMARTS) is 1. The second-order valence-corrected chi connectivity index (χ2v) is 9.99. The number of carbonyl (C=O) groups excluding carboxylic acids is 2. The van der Waals surface area contributed by atoms with Gasteiger partial charge in [-0.25, -0.2) is 0 Å². The van der Waals surface area contributed by atoms with Crippen LogP contribution in [0, 0.1) is 0 Å². The van der Waals surface area contributed by atoms with Crippen LogP contribution in [-0.4, -0.2) is 40.4 Å². The number of carboxylic acids is 1. The molecule has 4 N–H and O–H groups in total. The lowest BCUT2D eigenvalue weighted by molar-refractivity contribution is -0.139. The highest BCUT2D eigenvalue weighted by Crippen LogP contribution is 2.21. The van der Waals surface area contributed by atoms with E-state index in [1.54, 1.807) is 42.1 Å². The molecule has 8 heteroatoms. The zero-order chi connectivity index (χ0) is 25.6. The number of nitrogens with one attached hydrogen (secondary N) is 3. The highest BCUT2D eigenvalue weighted by molar-refractivity contribution is 7.99. The fourth-order valence-corrected chi connectivity index (χ4v) is 4.56. The minimum absolute atomic E-state index is 0.345. The van der Waals surface area contributed by atoms with E-state index in [2.05, 4.69) is 55.2 Å². The fourth-order valence-electron chi connectivity index (χ4n) is 3.63. The first-order valence-electron chi connectivity index (χ1n) is 11.9. The molecule has 2 rings (SSSR count). The topological polar surface area (TPSA) is 108 Å². The summed E-state index contributed by atoms with van der Waals surface area (Å²) in [5.74, 6) is -1.67. The molecule has 0 spiro atoms. The average molecular weight is 500 g/mol. The Hall–Kier alpha value is -3.00. The number of thioether (sulfide) groups is 1. The number of aliphatic carboxylic acids is 1. The van der Waals surface area contributed by atoms with Crippen LogP contribution in [0.25, 0.3) is 0 Å². The van der Waals surface area contributed by atoms with Crippen LogP contribution in [0.1, 0.15) is 64.4 Å². The van der Waals surface area contributed by atoms with Gasteiger partial charge in [0.15, 0.2) is 0 Å². The van der Waals surface area contributed by atoms with E-state index < -0.39 is 23.8 Å². The number of amides is 2. The zero-order valence-electron chi connectivity index (χ0n) is 20.8. The second-order valence-electron chi connectivity index (χ2n) is 8.91. The quantitative estimate of drug-likeness (QED) is 0.335. The zero-order valence-corrected chi connectivity index (χ0v) is 21.6. The van der Waals surface area contributed by atoms with Gasteiger partial charge in [0.05, 0.1) is 12.3 Å². The summed E-state index contributed by atoms with van der Waals surface area (Å²) in [6.45, 7) is 6.35. The molecule has 7 nitrogen and oxygen atoms in total. The van der Waals surface area contributed by atoms with E-state index >= 15 is 0 Å². The van der Waals surface area contributed by atoms with Crippen LogP contribution in [0.3, 0.4) is 0 Å². The molecule has 0 saturated carbocycles. The maximum Gasteiger partial charge on any atom is 0.304 e. The van der Waals surface area contributed by atoms with Crippen LogP contribution in [0.2, 0.25) is 0 Å². The van der Waals surface area contributed by atoms with Crippen LogP contribution in [-0.2, 0) is 14.4 Å². The van der Waals surface area contributed by atoms with Crippen molar-refractivity contribution in [2.24, 2.45) is 0 Å². The molecule has 190 valence electrons. The summed E-state index contributed by atoms with van der Waals surface area (Å²) in [4.78, 5) is 37.1. The number of hydrazine groups is 1. The van der Waals surface area contributed by atoms with Crippen molar-refractivity contribution >= 4 is 29.5 Å². The van der Waals surface area contributed by atoms with E-state index in [1.165, 1.54) is 11.1 Å². The molecule has 2 amide bonds. The molecule has 0 bridgehead atoms. The summed E-state index contributed by atoms with van der Waals surface area (Å²) in [5.41, 5.74) is 9.92. The van der Waals surface area contributed by atoms with Crippen molar-refractivity contribution in [2.45, 2.75) is 64.8 Å². The lowest BCUT2D eigenvalue weighted by Gasteiger charge is -2.21. The average Bonchev–Trinajstić information content (AvgIpc) is 2.89. The van der Waals surface area contributed by atoms with Crippen LogP contribution in [0.5, 0.6) is 0 Å². The lowest BCUT2D eigenvalue weighted by Crippen LogP contribution is -2.52. The Morgan fingerprint density at radius 3 is 2.57 bits per heavy atom. The first-order valence-corrected chi connectivity index (χ1v) is 13.1.